The van der Waals surface area contributed by atoms with E-state index in [4.69, 9.17) is 10.5 Å². The molecule has 0 aliphatic carbocycles. The van der Waals surface area contributed by atoms with Crippen molar-refractivity contribution in [1.82, 2.24) is 4.90 Å². The number of nitrogens with two attached hydrogens (primary N) is 1. The molecule has 106 valence electrons. The Morgan fingerprint density at radius 2 is 2.17 bits per heavy atom. The van der Waals surface area contributed by atoms with Crippen LogP contribution in [0.4, 0.5) is 4.79 Å². The highest BCUT2D eigenvalue weighted by Gasteiger charge is 2.29. The van der Waals surface area contributed by atoms with Crippen molar-refractivity contribution >= 4 is 6.09 Å². The third-order valence-corrected chi connectivity index (χ3v) is 3.41. The molecule has 0 aromatic heterocycles. The molecule has 18 heavy (non-hydrogen) atoms. The lowest BCUT2D eigenvalue weighted by atomic mass is 9.96. The highest BCUT2D eigenvalue weighted by Crippen LogP contribution is 2.24. The summed E-state index contributed by atoms with van der Waals surface area (Å²) in [5.74, 6) is 1.20. The molecule has 1 aliphatic rings. The molecule has 4 heteroatoms. The van der Waals surface area contributed by atoms with E-state index < -0.39 is 5.60 Å². The van der Waals surface area contributed by atoms with Gasteiger partial charge in [-0.15, -0.1) is 0 Å². The third-order valence-electron chi connectivity index (χ3n) is 3.41. The SMILES string of the molecule is CC(CN)CCC1CCN(C(=O)OC(C)(C)C)C1. The maximum absolute atomic E-state index is 11.9. The lowest BCUT2D eigenvalue weighted by Gasteiger charge is -2.24. The summed E-state index contributed by atoms with van der Waals surface area (Å²) in [6.45, 7) is 10.3. The normalized spacial score (nSPS) is 22.1. The van der Waals surface area contributed by atoms with Gasteiger partial charge in [0.15, 0.2) is 0 Å². The highest BCUT2D eigenvalue weighted by molar-refractivity contribution is 5.68. The number of hydrogen-bond donors (Lipinski definition) is 1. The van der Waals surface area contributed by atoms with Crippen LogP contribution >= 0.6 is 0 Å². The number of rotatable bonds is 4. The van der Waals surface area contributed by atoms with Crippen molar-refractivity contribution in [3.63, 3.8) is 0 Å². The van der Waals surface area contributed by atoms with Gasteiger partial charge in [0.2, 0.25) is 0 Å². The molecule has 1 saturated heterocycles. The Balaban J connectivity index is 2.30. The lowest BCUT2D eigenvalue weighted by molar-refractivity contribution is 0.0287. The van der Waals surface area contributed by atoms with E-state index in [1.807, 2.05) is 25.7 Å². The molecule has 2 atom stereocenters. The third kappa shape index (κ3) is 5.25. The Kier molecular flexibility index (Phi) is 5.45. The second-order valence-corrected chi connectivity index (χ2v) is 6.50. The Morgan fingerprint density at radius 3 is 2.72 bits per heavy atom. The molecule has 0 aromatic carbocycles. The Hall–Kier alpha value is -0.770. The molecule has 1 rings (SSSR count). The fraction of sp³-hybridized carbons (Fsp3) is 0.929. The second kappa shape index (κ2) is 6.41. The second-order valence-electron chi connectivity index (χ2n) is 6.50. The van der Waals surface area contributed by atoms with E-state index in [0.717, 1.165) is 38.9 Å². The summed E-state index contributed by atoms with van der Waals surface area (Å²) in [7, 11) is 0. The van der Waals surface area contributed by atoms with Crippen LogP contribution in [0.2, 0.25) is 0 Å². The zero-order chi connectivity index (χ0) is 13.8. The van der Waals surface area contributed by atoms with Crippen molar-refractivity contribution in [2.75, 3.05) is 19.6 Å². The van der Waals surface area contributed by atoms with Crippen molar-refractivity contribution in [3.05, 3.63) is 0 Å². The van der Waals surface area contributed by atoms with Crippen LogP contribution in [-0.2, 0) is 4.74 Å². The topological polar surface area (TPSA) is 55.6 Å². The number of ether oxygens (including phenoxy) is 1. The van der Waals surface area contributed by atoms with Gasteiger partial charge in [-0.3, -0.25) is 0 Å². The Labute approximate surface area is 111 Å². The van der Waals surface area contributed by atoms with Gasteiger partial charge in [0.05, 0.1) is 0 Å². The van der Waals surface area contributed by atoms with Crippen molar-refractivity contribution in [1.29, 1.82) is 0 Å². The van der Waals surface area contributed by atoms with Gasteiger partial charge in [0.1, 0.15) is 5.60 Å². The van der Waals surface area contributed by atoms with Gasteiger partial charge in [0, 0.05) is 13.1 Å². The first-order chi connectivity index (χ1) is 8.31. The maximum Gasteiger partial charge on any atom is 0.410 e. The Morgan fingerprint density at radius 1 is 1.50 bits per heavy atom. The largest absolute Gasteiger partial charge is 0.444 e. The van der Waals surface area contributed by atoms with Crippen LogP contribution in [0.25, 0.3) is 0 Å². The summed E-state index contributed by atoms with van der Waals surface area (Å²) >= 11 is 0. The molecule has 0 radical (unpaired) electrons. The Bertz CT molecular complexity index is 273. The van der Waals surface area contributed by atoms with Crippen molar-refractivity contribution in [2.24, 2.45) is 17.6 Å². The van der Waals surface area contributed by atoms with Crippen molar-refractivity contribution < 1.29 is 9.53 Å². The highest BCUT2D eigenvalue weighted by atomic mass is 16.6. The van der Waals surface area contributed by atoms with Crippen LogP contribution in [-0.4, -0.2) is 36.2 Å². The number of carbonyl (C=O) groups is 1. The molecular weight excluding hydrogens is 228 g/mol. The van der Waals surface area contributed by atoms with E-state index in [0.29, 0.717) is 11.8 Å². The van der Waals surface area contributed by atoms with Crippen LogP contribution in [0, 0.1) is 11.8 Å². The number of likely N-dealkylation sites (tertiary alicyclic amines) is 1. The summed E-state index contributed by atoms with van der Waals surface area (Å²) in [5.41, 5.74) is 5.22. The molecular formula is C14H28N2O2. The van der Waals surface area contributed by atoms with Crippen LogP contribution in [0.5, 0.6) is 0 Å². The van der Waals surface area contributed by atoms with Crippen LogP contribution in [0.3, 0.4) is 0 Å². The first kappa shape index (κ1) is 15.3. The average molecular weight is 256 g/mol. The molecule has 4 nitrogen and oxygen atoms in total. The minimum Gasteiger partial charge on any atom is -0.444 e. The average Bonchev–Trinajstić information content (AvgIpc) is 2.72. The summed E-state index contributed by atoms with van der Waals surface area (Å²) < 4.78 is 5.38. The van der Waals surface area contributed by atoms with Gasteiger partial charge in [-0.05, 0) is 58.4 Å². The van der Waals surface area contributed by atoms with Crippen LogP contribution < -0.4 is 5.73 Å². The van der Waals surface area contributed by atoms with Gasteiger partial charge in [-0.25, -0.2) is 4.79 Å². The maximum atomic E-state index is 11.9. The van der Waals surface area contributed by atoms with Crippen molar-refractivity contribution in [2.45, 2.75) is 52.6 Å². The molecule has 1 aliphatic heterocycles. The van der Waals surface area contributed by atoms with E-state index >= 15 is 0 Å². The first-order valence-electron chi connectivity index (χ1n) is 7.00. The number of hydrogen-bond acceptors (Lipinski definition) is 3. The zero-order valence-electron chi connectivity index (χ0n) is 12.2. The molecule has 0 saturated carbocycles. The summed E-state index contributed by atoms with van der Waals surface area (Å²) in [6, 6.07) is 0. The molecule has 0 spiro atoms. The summed E-state index contributed by atoms with van der Waals surface area (Å²) in [5, 5.41) is 0. The van der Waals surface area contributed by atoms with Crippen LogP contribution in [0.15, 0.2) is 0 Å². The van der Waals surface area contributed by atoms with Gasteiger partial charge in [0.25, 0.3) is 0 Å². The van der Waals surface area contributed by atoms with Crippen molar-refractivity contribution in [3.8, 4) is 0 Å². The minimum atomic E-state index is -0.400. The number of nitrogens with zero attached hydrogens (tertiary/aromatic N) is 1. The predicted molar refractivity (Wildman–Crippen MR) is 73.4 cm³/mol. The van der Waals surface area contributed by atoms with E-state index in [1.165, 1.54) is 0 Å². The van der Waals surface area contributed by atoms with Gasteiger partial charge in [-0.2, -0.15) is 0 Å². The van der Waals surface area contributed by atoms with Gasteiger partial charge in [-0.1, -0.05) is 6.92 Å². The standard InChI is InChI=1S/C14H28N2O2/c1-11(9-15)5-6-12-7-8-16(10-12)13(17)18-14(2,3)4/h11-12H,5-10,15H2,1-4H3. The first-order valence-corrected chi connectivity index (χ1v) is 7.00. The van der Waals surface area contributed by atoms with E-state index in [9.17, 15) is 4.79 Å². The fourth-order valence-corrected chi connectivity index (χ4v) is 2.20. The van der Waals surface area contributed by atoms with E-state index in [-0.39, 0.29) is 6.09 Å². The summed E-state index contributed by atoms with van der Waals surface area (Å²) in [6.07, 6.45) is 3.24. The molecule has 1 heterocycles. The smallest absolute Gasteiger partial charge is 0.410 e. The molecule has 1 amide bonds. The molecule has 0 aromatic rings. The lowest BCUT2D eigenvalue weighted by Crippen LogP contribution is -2.35. The summed E-state index contributed by atoms with van der Waals surface area (Å²) in [4.78, 5) is 13.7. The molecule has 0 bridgehead atoms. The number of carbonyl (C=O) groups excluding carboxylic acids is 1. The fourth-order valence-electron chi connectivity index (χ4n) is 2.20. The van der Waals surface area contributed by atoms with Gasteiger partial charge < -0.3 is 15.4 Å². The quantitative estimate of drug-likeness (QED) is 0.841. The zero-order valence-corrected chi connectivity index (χ0v) is 12.2. The van der Waals surface area contributed by atoms with E-state index in [1.54, 1.807) is 0 Å². The predicted octanol–water partition coefficient (Wildman–Crippen LogP) is 2.62. The minimum absolute atomic E-state index is 0.170. The molecule has 2 N–H and O–H groups in total. The van der Waals surface area contributed by atoms with Gasteiger partial charge >= 0.3 is 6.09 Å². The number of amides is 1. The van der Waals surface area contributed by atoms with Crippen LogP contribution in [0.1, 0.15) is 47.0 Å². The monoisotopic (exact) mass is 256 g/mol. The molecule has 2 unspecified atom stereocenters. The van der Waals surface area contributed by atoms with E-state index in [2.05, 4.69) is 6.92 Å². The molecule has 1 fully saturated rings.